The maximum absolute atomic E-state index is 12.2. The van der Waals surface area contributed by atoms with Crippen LogP contribution in [0.3, 0.4) is 0 Å². The molecule has 1 aliphatic rings. The van der Waals surface area contributed by atoms with Crippen LogP contribution >= 0.6 is 11.6 Å². The van der Waals surface area contributed by atoms with Gasteiger partial charge >= 0.3 is 0 Å². The van der Waals surface area contributed by atoms with Crippen LogP contribution < -0.4 is 10.6 Å². The SMILES string of the molecule is CC(C)N(CC(=O)Nc1ccc(Cl)cc1)CC1CCCN1. The minimum Gasteiger partial charge on any atom is -0.325 e. The molecule has 2 rings (SSSR count). The van der Waals surface area contributed by atoms with Crippen molar-refractivity contribution in [1.29, 1.82) is 0 Å². The number of benzene rings is 1. The number of carbonyl (C=O) groups excluding carboxylic acids is 1. The van der Waals surface area contributed by atoms with E-state index in [4.69, 9.17) is 11.6 Å². The Morgan fingerprint density at radius 3 is 2.71 bits per heavy atom. The Morgan fingerprint density at radius 1 is 1.43 bits per heavy atom. The van der Waals surface area contributed by atoms with Crippen LogP contribution in [0, 0.1) is 0 Å². The maximum Gasteiger partial charge on any atom is 0.238 e. The highest BCUT2D eigenvalue weighted by Gasteiger charge is 2.21. The first-order valence-corrected chi connectivity index (χ1v) is 7.95. The van der Waals surface area contributed by atoms with Gasteiger partial charge in [0.2, 0.25) is 5.91 Å². The zero-order chi connectivity index (χ0) is 15.2. The molecule has 0 spiro atoms. The minimum absolute atomic E-state index is 0.0176. The van der Waals surface area contributed by atoms with E-state index in [2.05, 4.69) is 29.4 Å². The van der Waals surface area contributed by atoms with E-state index < -0.39 is 0 Å². The Labute approximate surface area is 131 Å². The van der Waals surface area contributed by atoms with Gasteiger partial charge in [-0.15, -0.1) is 0 Å². The first-order chi connectivity index (χ1) is 10.0. The maximum atomic E-state index is 12.2. The molecule has 5 heteroatoms. The summed E-state index contributed by atoms with van der Waals surface area (Å²) in [6, 6.07) is 8.05. The van der Waals surface area contributed by atoms with Crippen LogP contribution in [0.5, 0.6) is 0 Å². The Balaban J connectivity index is 1.86. The van der Waals surface area contributed by atoms with E-state index in [1.807, 2.05) is 12.1 Å². The average Bonchev–Trinajstić information content (AvgIpc) is 2.93. The summed E-state index contributed by atoms with van der Waals surface area (Å²) < 4.78 is 0. The number of rotatable bonds is 6. The molecule has 1 saturated heterocycles. The molecular formula is C16H24ClN3O. The molecule has 1 aromatic carbocycles. The monoisotopic (exact) mass is 309 g/mol. The number of hydrogen-bond acceptors (Lipinski definition) is 3. The number of carbonyl (C=O) groups is 1. The molecule has 0 saturated carbocycles. The summed E-state index contributed by atoms with van der Waals surface area (Å²) in [5.41, 5.74) is 0.784. The third-order valence-corrected chi connectivity index (χ3v) is 4.07. The predicted octanol–water partition coefficient (Wildman–Crippen LogP) is 2.74. The predicted molar refractivity (Wildman–Crippen MR) is 87.8 cm³/mol. The average molecular weight is 310 g/mol. The van der Waals surface area contributed by atoms with E-state index in [-0.39, 0.29) is 5.91 Å². The topological polar surface area (TPSA) is 44.4 Å². The molecule has 1 heterocycles. The third-order valence-electron chi connectivity index (χ3n) is 3.82. The van der Waals surface area contributed by atoms with Gasteiger partial charge in [-0.25, -0.2) is 0 Å². The number of halogens is 1. The lowest BCUT2D eigenvalue weighted by molar-refractivity contribution is -0.117. The molecule has 116 valence electrons. The molecule has 0 radical (unpaired) electrons. The highest BCUT2D eigenvalue weighted by Crippen LogP contribution is 2.14. The molecule has 1 aliphatic heterocycles. The molecular weight excluding hydrogens is 286 g/mol. The number of nitrogens with one attached hydrogen (secondary N) is 2. The molecule has 1 fully saturated rings. The number of hydrogen-bond donors (Lipinski definition) is 2. The van der Waals surface area contributed by atoms with Gasteiger partial charge < -0.3 is 10.6 Å². The van der Waals surface area contributed by atoms with Gasteiger partial charge in [0.25, 0.3) is 0 Å². The van der Waals surface area contributed by atoms with Crippen LogP contribution in [0.25, 0.3) is 0 Å². The van der Waals surface area contributed by atoms with E-state index in [0.29, 0.717) is 23.7 Å². The second-order valence-corrected chi connectivity index (χ2v) is 6.31. The Kier molecular flexibility index (Phi) is 6.03. The van der Waals surface area contributed by atoms with Crippen LogP contribution in [0.1, 0.15) is 26.7 Å². The highest BCUT2D eigenvalue weighted by molar-refractivity contribution is 6.30. The van der Waals surface area contributed by atoms with Crippen LogP contribution in [-0.4, -0.2) is 42.5 Å². The van der Waals surface area contributed by atoms with Gasteiger partial charge in [0.1, 0.15) is 0 Å². The van der Waals surface area contributed by atoms with Crippen LogP contribution in [-0.2, 0) is 4.79 Å². The van der Waals surface area contributed by atoms with Crippen LogP contribution in [0.2, 0.25) is 5.02 Å². The normalized spacial score (nSPS) is 18.4. The fourth-order valence-corrected chi connectivity index (χ4v) is 2.70. The third kappa shape index (κ3) is 5.30. The first-order valence-electron chi connectivity index (χ1n) is 7.57. The van der Waals surface area contributed by atoms with Crippen molar-refractivity contribution in [3.05, 3.63) is 29.3 Å². The molecule has 0 bridgehead atoms. The summed E-state index contributed by atoms with van der Waals surface area (Å²) in [6.07, 6.45) is 2.43. The summed E-state index contributed by atoms with van der Waals surface area (Å²) in [4.78, 5) is 14.4. The van der Waals surface area contributed by atoms with Gasteiger partial charge in [-0.1, -0.05) is 11.6 Å². The Bertz CT molecular complexity index is 455. The second-order valence-electron chi connectivity index (χ2n) is 5.87. The van der Waals surface area contributed by atoms with E-state index in [1.54, 1.807) is 12.1 Å². The van der Waals surface area contributed by atoms with Crippen molar-refractivity contribution >= 4 is 23.2 Å². The molecule has 4 nitrogen and oxygen atoms in total. The van der Waals surface area contributed by atoms with Gasteiger partial charge in [0.15, 0.2) is 0 Å². The van der Waals surface area contributed by atoms with Crippen molar-refractivity contribution in [2.45, 2.75) is 38.8 Å². The molecule has 1 amide bonds. The zero-order valence-corrected chi connectivity index (χ0v) is 13.5. The fourth-order valence-electron chi connectivity index (χ4n) is 2.57. The lowest BCUT2D eigenvalue weighted by Gasteiger charge is -2.28. The van der Waals surface area contributed by atoms with Crippen molar-refractivity contribution in [2.75, 3.05) is 25.0 Å². The smallest absolute Gasteiger partial charge is 0.238 e. The summed E-state index contributed by atoms with van der Waals surface area (Å²) in [5, 5.41) is 7.07. The van der Waals surface area contributed by atoms with Gasteiger partial charge in [-0.2, -0.15) is 0 Å². The Hall–Kier alpha value is -1.10. The van der Waals surface area contributed by atoms with Gasteiger partial charge in [0, 0.05) is 29.3 Å². The second kappa shape index (κ2) is 7.78. The minimum atomic E-state index is 0.0176. The highest BCUT2D eigenvalue weighted by atomic mass is 35.5. The molecule has 0 aliphatic carbocycles. The molecule has 0 aromatic heterocycles. The van der Waals surface area contributed by atoms with E-state index in [0.717, 1.165) is 18.8 Å². The quantitative estimate of drug-likeness (QED) is 0.849. The summed E-state index contributed by atoms with van der Waals surface area (Å²) in [6.45, 7) is 6.69. The molecule has 1 aromatic rings. The molecule has 1 atom stereocenters. The van der Waals surface area contributed by atoms with E-state index in [1.165, 1.54) is 12.8 Å². The van der Waals surface area contributed by atoms with Gasteiger partial charge in [0.05, 0.1) is 6.54 Å². The van der Waals surface area contributed by atoms with Crippen molar-refractivity contribution < 1.29 is 4.79 Å². The summed E-state index contributed by atoms with van der Waals surface area (Å²) in [7, 11) is 0. The number of anilines is 1. The molecule has 2 N–H and O–H groups in total. The van der Waals surface area contributed by atoms with Gasteiger partial charge in [-0.3, -0.25) is 9.69 Å². The number of amides is 1. The summed E-state index contributed by atoms with van der Waals surface area (Å²) >= 11 is 5.84. The molecule has 1 unspecified atom stereocenters. The van der Waals surface area contributed by atoms with E-state index >= 15 is 0 Å². The van der Waals surface area contributed by atoms with Crippen molar-refractivity contribution in [3.63, 3.8) is 0 Å². The zero-order valence-electron chi connectivity index (χ0n) is 12.7. The van der Waals surface area contributed by atoms with Crippen molar-refractivity contribution in [2.24, 2.45) is 0 Å². The first kappa shape index (κ1) is 16.3. The number of nitrogens with zero attached hydrogens (tertiary/aromatic N) is 1. The Morgan fingerprint density at radius 2 is 2.14 bits per heavy atom. The summed E-state index contributed by atoms with van der Waals surface area (Å²) in [5.74, 6) is 0.0176. The van der Waals surface area contributed by atoms with Crippen molar-refractivity contribution in [3.8, 4) is 0 Å². The lowest BCUT2D eigenvalue weighted by atomic mass is 10.2. The largest absolute Gasteiger partial charge is 0.325 e. The standard InChI is InChI=1S/C16H24ClN3O/c1-12(2)20(10-15-4-3-9-18-15)11-16(21)19-14-7-5-13(17)6-8-14/h5-8,12,15,18H,3-4,9-11H2,1-2H3,(H,19,21). The van der Waals surface area contributed by atoms with Gasteiger partial charge in [-0.05, 0) is 57.5 Å². The van der Waals surface area contributed by atoms with Crippen LogP contribution in [0.4, 0.5) is 5.69 Å². The van der Waals surface area contributed by atoms with Crippen LogP contribution in [0.15, 0.2) is 24.3 Å². The fraction of sp³-hybridized carbons (Fsp3) is 0.562. The molecule has 21 heavy (non-hydrogen) atoms. The van der Waals surface area contributed by atoms with E-state index in [9.17, 15) is 4.79 Å². The van der Waals surface area contributed by atoms with Crippen molar-refractivity contribution in [1.82, 2.24) is 10.2 Å². The lowest BCUT2D eigenvalue weighted by Crippen LogP contribution is -2.44.